The molecule has 0 spiro atoms. The first kappa shape index (κ1) is 18.3. The normalized spacial score (nSPS) is 19.1. The van der Waals surface area contributed by atoms with Crippen molar-refractivity contribution in [3.8, 4) is 0 Å². The molecule has 0 aliphatic carbocycles. The molecule has 134 valence electrons. The van der Waals surface area contributed by atoms with E-state index < -0.39 is 58.7 Å². The van der Waals surface area contributed by atoms with E-state index in [4.69, 9.17) is 5.11 Å². The number of hydrogen-bond acceptors (Lipinski definition) is 7. The van der Waals surface area contributed by atoms with Gasteiger partial charge in [0.05, 0.1) is 5.57 Å². The Hall–Kier alpha value is -4.09. The lowest BCUT2D eigenvalue weighted by molar-refractivity contribution is -0.134. The number of rotatable bonds is 4. The number of barbiturate groups is 2. The summed E-state index contributed by atoms with van der Waals surface area (Å²) in [7, 11) is 0. The SMILES string of the molecule is O=C1NC(=O)C(=C/C=C(/C=C/C2C(=O)NC(=O)NC2=O)C(=O)O)C(=O)N1. The molecule has 8 amide bonds. The molecule has 0 aromatic carbocycles. The monoisotopic (exact) mass is 362 g/mol. The van der Waals surface area contributed by atoms with Crippen LogP contribution in [0.2, 0.25) is 0 Å². The van der Waals surface area contributed by atoms with Gasteiger partial charge in [-0.3, -0.25) is 40.4 Å². The molecular formula is C14H10N4O8. The average molecular weight is 362 g/mol. The third-order valence-electron chi connectivity index (χ3n) is 3.13. The molecule has 0 atom stereocenters. The van der Waals surface area contributed by atoms with Crippen LogP contribution in [0.1, 0.15) is 0 Å². The van der Waals surface area contributed by atoms with Crippen LogP contribution in [0.5, 0.6) is 0 Å². The molecule has 2 saturated heterocycles. The summed E-state index contributed by atoms with van der Waals surface area (Å²) in [5.41, 5.74) is -0.997. The molecule has 2 fully saturated rings. The first-order chi connectivity index (χ1) is 12.2. The molecule has 12 nitrogen and oxygen atoms in total. The number of allylic oxidation sites excluding steroid dienone is 2. The Kier molecular flexibility index (Phi) is 5.06. The second kappa shape index (κ2) is 7.21. The van der Waals surface area contributed by atoms with Crippen molar-refractivity contribution in [2.45, 2.75) is 0 Å². The Labute approximate surface area is 144 Å². The van der Waals surface area contributed by atoms with Crippen LogP contribution in [0.4, 0.5) is 9.59 Å². The van der Waals surface area contributed by atoms with Crippen molar-refractivity contribution in [1.29, 1.82) is 0 Å². The van der Waals surface area contributed by atoms with E-state index >= 15 is 0 Å². The van der Waals surface area contributed by atoms with Gasteiger partial charge in [0.25, 0.3) is 11.8 Å². The summed E-state index contributed by atoms with van der Waals surface area (Å²) in [6.45, 7) is 0. The van der Waals surface area contributed by atoms with E-state index in [0.717, 1.165) is 24.3 Å². The van der Waals surface area contributed by atoms with E-state index in [1.165, 1.54) is 0 Å². The minimum Gasteiger partial charge on any atom is -0.478 e. The number of aliphatic carboxylic acids is 1. The lowest BCUT2D eigenvalue weighted by Gasteiger charge is -2.17. The number of hydrogen-bond donors (Lipinski definition) is 5. The van der Waals surface area contributed by atoms with Crippen LogP contribution in [-0.2, 0) is 24.0 Å². The van der Waals surface area contributed by atoms with Crippen LogP contribution in [0, 0.1) is 5.92 Å². The first-order valence-electron chi connectivity index (χ1n) is 6.85. The zero-order valence-electron chi connectivity index (χ0n) is 12.7. The second-order valence-corrected chi connectivity index (χ2v) is 4.89. The van der Waals surface area contributed by atoms with Crippen LogP contribution in [0.25, 0.3) is 0 Å². The zero-order valence-corrected chi connectivity index (χ0v) is 12.7. The molecule has 0 bridgehead atoms. The van der Waals surface area contributed by atoms with Crippen molar-refractivity contribution in [3.05, 3.63) is 35.5 Å². The standard InChI is InChI=1S/C14H10N4O8/c19-8-6(9(20)16-13(25)15-8)3-1-5(12(23)24)2-4-7-10(21)17-14(26)18-11(7)22/h1-4,6H,(H,23,24)(H2,15,16,19,20,25)(H2,17,18,21,22,26)/b3-1+,5-2-. The predicted octanol–water partition coefficient (Wildman–Crippen LogP) is -2.17. The van der Waals surface area contributed by atoms with Crippen LogP contribution in [-0.4, -0.2) is 46.8 Å². The van der Waals surface area contributed by atoms with E-state index in [-0.39, 0.29) is 0 Å². The predicted molar refractivity (Wildman–Crippen MR) is 79.8 cm³/mol. The van der Waals surface area contributed by atoms with Crippen molar-refractivity contribution in [1.82, 2.24) is 21.3 Å². The minimum atomic E-state index is -1.49. The Morgan fingerprint density at radius 3 is 1.85 bits per heavy atom. The maximum absolute atomic E-state index is 11.6. The molecule has 12 heteroatoms. The topological polar surface area (TPSA) is 188 Å². The second-order valence-electron chi connectivity index (χ2n) is 4.89. The molecule has 0 unspecified atom stereocenters. The van der Waals surface area contributed by atoms with Crippen LogP contribution in [0.15, 0.2) is 35.5 Å². The maximum Gasteiger partial charge on any atom is 0.335 e. The summed E-state index contributed by atoms with van der Waals surface area (Å²) >= 11 is 0. The smallest absolute Gasteiger partial charge is 0.335 e. The van der Waals surface area contributed by atoms with Crippen molar-refractivity contribution in [2.24, 2.45) is 5.92 Å². The molecule has 2 aliphatic heterocycles. The highest BCUT2D eigenvalue weighted by atomic mass is 16.4. The van der Waals surface area contributed by atoms with Gasteiger partial charge in [-0.1, -0.05) is 12.2 Å². The van der Waals surface area contributed by atoms with Gasteiger partial charge >= 0.3 is 18.0 Å². The van der Waals surface area contributed by atoms with Gasteiger partial charge in [-0.2, -0.15) is 0 Å². The fourth-order valence-corrected chi connectivity index (χ4v) is 1.90. The van der Waals surface area contributed by atoms with Crippen molar-refractivity contribution >= 4 is 41.7 Å². The summed E-state index contributed by atoms with van der Waals surface area (Å²) < 4.78 is 0. The average Bonchev–Trinajstić information content (AvgIpc) is 2.50. The van der Waals surface area contributed by atoms with E-state index in [0.29, 0.717) is 0 Å². The number of carbonyl (C=O) groups is 7. The fraction of sp³-hybridized carbons (Fsp3) is 0.0714. The lowest BCUT2D eigenvalue weighted by atomic mass is 10.0. The van der Waals surface area contributed by atoms with E-state index in [9.17, 15) is 33.6 Å². The summed E-state index contributed by atoms with van der Waals surface area (Å²) in [6.07, 6.45) is 3.55. The largest absolute Gasteiger partial charge is 0.478 e. The highest BCUT2D eigenvalue weighted by Gasteiger charge is 2.32. The van der Waals surface area contributed by atoms with Gasteiger partial charge < -0.3 is 5.11 Å². The molecule has 0 aromatic rings. The molecule has 2 aliphatic rings. The van der Waals surface area contributed by atoms with Crippen molar-refractivity contribution < 1.29 is 38.7 Å². The van der Waals surface area contributed by atoms with E-state index in [1.54, 1.807) is 10.6 Å². The van der Waals surface area contributed by atoms with Crippen LogP contribution < -0.4 is 21.3 Å². The summed E-state index contributed by atoms with van der Waals surface area (Å²) in [4.78, 5) is 79.2. The van der Waals surface area contributed by atoms with Gasteiger partial charge in [-0.25, -0.2) is 14.4 Å². The number of urea groups is 2. The molecule has 5 N–H and O–H groups in total. The highest BCUT2D eigenvalue weighted by molar-refractivity contribution is 6.29. The number of imide groups is 4. The number of nitrogens with one attached hydrogen (secondary N) is 4. The molecular weight excluding hydrogens is 352 g/mol. The lowest BCUT2D eigenvalue weighted by Crippen LogP contribution is -2.55. The van der Waals surface area contributed by atoms with Gasteiger partial charge in [0.1, 0.15) is 11.5 Å². The number of carboxylic acid groups (broad SMARTS) is 1. The zero-order chi connectivity index (χ0) is 19.4. The van der Waals surface area contributed by atoms with Gasteiger partial charge in [-0.05, 0) is 12.2 Å². The fourth-order valence-electron chi connectivity index (χ4n) is 1.90. The number of carboxylic acids is 1. The molecule has 26 heavy (non-hydrogen) atoms. The first-order valence-corrected chi connectivity index (χ1v) is 6.85. The summed E-state index contributed by atoms with van der Waals surface area (Å²) in [5.74, 6) is -6.85. The molecule has 2 rings (SSSR count). The van der Waals surface area contributed by atoms with Crippen LogP contribution in [0.3, 0.4) is 0 Å². The highest BCUT2D eigenvalue weighted by Crippen LogP contribution is 2.09. The van der Waals surface area contributed by atoms with Gasteiger partial charge in [0.15, 0.2) is 0 Å². The van der Waals surface area contributed by atoms with Crippen molar-refractivity contribution in [3.63, 3.8) is 0 Å². The van der Waals surface area contributed by atoms with Gasteiger partial charge in [0.2, 0.25) is 11.8 Å². The summed E-state index contributed by atoms with van der Waals surface area (Å²) in [6, 6.07) is -2.00. The molecule has 0 aromatic heterocycles. The van der Waals surface area contributed by atoms with E-state index in [2.05, 4.69) is 0 Å². The number of carbonyl (C=O) groups excluding carboxylic acids is 6. The van der Waals surface area contributed by atoms with Crippen LogP contribution >= 0.6 is 0 Å². The Morgan fingerprint density at radius 2 is 1.35 bits per heavy atom. The van der Waals surface area contributed by atoms with Gasteiger partial charge in [0, 0.05) is 0 Å². The molecule has 0 radical (unpaired) electrons. The molecule has 0 saturated carbocycles. The minimum absolute atomic E-state index is 0.479. The Bertz CT molecular complexity index is 809. The number of amides is 8. The molecule has 2 heterocycles. The quantitative estimate of drug-likeness (QED) is 0.162. The van der Waals surface area contributed by atoms with E-state index in [1.807, 2.05) is 10.6 Å². The summed E-state index contributed by atoms with van der Waals surface area (Å²) in [5, 5.41) is 16.4. The Morgan fingerprint density at radius 1 is 0.846 bits per heavy atom. The maximum atomic E-state index is 11.6. The third-order valence-corrected chi connectivity index (χ3v) is 3.13. The Balaban J connectivity index is 2.25. The van der Waals surface area contributed by atoms with Gasteiger partial charge in [-0.15, -0.1) is 0 Å². The third kappa shape index (κ3) is 4.05. The van der Waals surface area contributed by atoms with Crippen molar-refractivity contribution in [2.75, 3.05) is 0 Å².